The standard InChI is InChI=1S/C20H18F3N3O/c21-20(22,23)15-8-3-5-13(11-15)12-25-18(19(27)26-24)17-10-4-7-14-6-1-2-9-16(14)17/h1-11,18,25H,12,24H2,(H,26,27). The van der Waals surface area contributed by atoms with Gasteiger partial charge in [-0.1, -0.05) is 60.7 Å². The molecule has 0 heterocycles. The summed E-state index contributed by atoms with van der Waals surface area (Å²) in [7, 11) is 0. The van der Waals surface area contributed by atoms with Crippen LogP contribution >= 0.6 is 0 Å². The molecule has 3 rings (SSSR count). The average Bonchev–Trinajstić information content (AvgIpc) is 2.67. The quantitative estimate of drug-likeness (QED) is 0.363. The first-order valence-corrected chi connectivity index (χ1v) is 8.28. The van der Waals surface area contributed by atoms with E-state index in [4.69, 9.17) is 5.84 Å². The summed E-state index contributed by atoms with van der Waals surface area (Å²) in [5.74, 6) is 4.84. The molecule has 3 aromatic carbocycles. The predicted molar refractivity (Wildman–Crippen MR) is 97.3 cm³/mol. The lowest BCUT2D eigenvalue weighted by Gasteiger charge is -2.20. The summed E-state index contributed by atoms with van der Waals surface area (Å²) in [4.78, 5) is 12.3. The van der Waals surface area contributed by atoms with Crippen molar-refractivity contribution in [2.24, 2.45) is 5.84 Å². The molecule has 0 aliphatic carbocycles. The highest BCUT2D eigenvalue weighted by atomic mass is 19.4. The molecule has 0 fully saturated rings. The average molecular weight is 373 g/mol. The molecule has 0 saturated heterocycles. The van der Waals surface area contributed by atoms with E-state index in [-0.39, 0.29) is 6.54 Å². The number of benzene rings is 3. The van der Waals surface area contributed by atoms with Crippen LogP contribution in [0.2, 0.25) is 0 Å². The molecule has 0 aromatic heterocycles. The number of nitrogens with two attached hydrogens (primary N) is 1. The lowest BCUT2D eigenvalue weighted by atomic mass is 9.98. The van der Waals surface area contributed by atoms with Crippen molar-refractivity contribution in [3.63, 3.8) is 0 Å². The van der Waals surface area contributed by atoms with E-state index in [1.54, 1.807) is 12.1 Å². The van der Waals surface area contributed by atoms with E-state index in [2.05, 4.69) is 10.7 Å². The van der Waals surface area contributed by atoms with Gasteiger partial charge >= 0.3 is 6.18 Å². The van der Waals surface area contributed by atoms with Crippen LogP contribution in [0.25, 0.3) is 10.8 Å². The Bertz CT molecular complexity index is 951. The first-order valence-electron chi connectivity index (χ1n) is 8.28. The maximum Gasteiger partial charge on any atom is 0.416 e. The molecule has 3 aromatic rings. The Balaban J connectivity index is 1.90. The second kappa shape index (κ2) is 7.77. The fourth-order valence-corrected chi connectivity index (χ4v) is 3.01. The first-order chi connectivity index (χ1) is 12.9. The van der Waals surface area contributed by atoms with Gasteiger partial charge in [0.05, 0.1) is 5.56 Å². The van der Waals surface area contributed by atoms with Crippen LogP contribution in [-0.2, 0) is 17.5 Å². The molecule has 0 saturated carbocycles. The van der Waals surface area contributed by atoms with Crippen molar-refractivity contribution < 1.29 is 18.0 Å². The fraction of sp³-hybridized carbons (Fsp3) is 0.150. The van der Waals surface area contributed by atoms with Crippen LogP contribution in [0.5, 0.6) is 0 Å². The highest BCUT2D eigenvalue weighted by molar-refractivity contribution is 5.92. The molecule has 4 nitrogen and oxygen atoms in total. The molecular weight excluding hydrogens is 355 g/mol. The Labute approximate surface area is 154 Å². The molecule has 0 radical (unpaired) electrons. The van der Waals surface area contributed by atoms with Crippen LogP contribution in [0.3, 0.4) is 0 Å². The van der Waals surface area contributed by atoms with Crippen LogP contribution < -0.4 is 16.6 Å². The summed E-state index contributed by atoms with van der Waals surface area (Å²) in [6.07, 6.45) is -4.42. The van der Waals surface area contributed by atoms with Gasteiger partial charge in [-0.3, -0.25) is 15.5 Å². The molecule has 27 heavy (non-hydrogen) atoms. The van der Waals surface area contributed by atoms with Gasteiger partial charge in [0.25, 0.3) is 5.91 Å². The van der Waals surface area contributed by atoms with Gasteiger partial charge in [-0.2, -0.15) is 13.2 Å². The molecular formula is C20H18F3N3O. The Morgan fingerprint density at radius 1 is 1.00 bits per heavy atom. The van der Waals surface area contributed by atoms with E-state index >= 15 is 0 Å². The number of hydrogen-bond donors (Lipinski definition) is 3. The molecule has 7 heteroatoms. The van der Waals surface area contributed by atoms with E-state index in [0.29, 0.717) is 11.1 Å². The van der Waals surface area contributed by atoms with E-state index in [9.17, 15) is 18.0 Å². The summed E-state index contributed by atoms with van der Waals surface area (Å²) >= 11 is 0. The topological polar surface area (TPSA) is 67.1 Å². The van der Waals surface area contributed by atoms with Crippen molar-refractivity contribution in [2.45, 2.75) is 18.8 Å². The van der Waals surface area contributed by atoms with Gasteiger partial charge < -0.3 is 0 Å². The fourth-order valence-electron chi connectivity index (χ4n) is 3.01. The summed E-state index contributed by atoms with van der Waals surface area (Å²) < 4.78 is 38.7. The zero-order valence-electron chi connectivity index (χ0n) is 14.3. The Morgan fingerprint density at radius 2 is 1.70 bits per heavy atom. The second-order valence-electron chi connectivity index (χ2n) is 6.09. The normalized spacial score (nSPS) is 12.7. The highest BCUT2D eigenvalue weighted by Crippen LogP contribution is 2.30. The minimum Gasteiger partial charge on any atom is -0.298 e. The number of nitrogens with one attached hydrogen (secondary N) is 2. The molecule has 4 N–H and O–H groups in total. The predicted octanol–water partition coefficient (Wildman–Crippen LogP) is 3.68. The number of carbonyl (C=O) groups is 1. The third-order valence-corrected chi connectivity index (χ3v) is 4.30. The van der Waals surface area contributed by atoms with Crippen molar-refractivity contribution in [2.75, 3.05) is 0 Å². The van der Waals surface area contributed by atoms with Crippen LogP contribution in [0.4, 0.5) is 13.2 Å². The smallest absolute Gasteiger partial charge is 0.298 e. The molecule has 0 bridgehead atoms. The van der Waals surface area contributed by atoms with Crippen LogP contribution in [0, 0.1) is 0 Å². The third kappa shape index (κ3) is 4.27. The minimum absolute atomic E-state index is 0.0746. The van der Waals surface area contributed by atoms with Gasteiger partial charge in [-0.15, -0.1) is 0 Å². The maximum atomic E-state index is 12.9. The molecule has 0 aliphatic rings. The van der Waals surface area contributed by atoms with E-state index in [1.165, 1.54) is 6.07 Å². The largest absolute Gasteiger partial charge is 0.416 e. The summed E-state index contributed by atoms with van der Waals surface area (Å²) in [5.41, 5.74) is 2.50. The number of carbonyl (C=O) groups excluding carboxylic acids is 1. The Kier molecular flexibility index (Phi) is 5.43. The summed E-state index contributed by atoms with van der Waals surface area (Å²) in [5, 5.41) is 4.83. The first kappa shape index (κ1) is 18.9. The van der Waals surface area contributed by atoms with Crippen molar-refractivity contribution in [1.82, 2.24) is 10.7 Å². The van der Waals surface area contributed by atoms with E-state index in [0.717, 1.165) is 22.9 Å². The molecule has 1 unspecified atom stereocenters. The number of hydrogen-bond acceptors (Lipinski definition) is 3. The van der Waals surface area contributed by atoms with E-state index < -0.39 is 23.7 Å². The Morgan fingerprint density at radius 3 is 2.44 bits per heavy atom. The zero-order chi connectivity index (χ0) is 19.4. The molecule has 1 atom stereocenters. The van der Waals surface area contributed by atoms with Crippen LogP contribution in [0.1, 0.15) is 22.7 Å². The summed E-state index contributed by atoms with van der Waals surface area (Å²) in [6, 6.07) is 17.3. The third-order valence-electron chi connectivity index (χ3n) is 4.30. The summed E-state index contributed by atoms with van der Waals surface area (Å²) in [6.45, 7) is 0.0746. The SMILES string of the molecule is NNC(=O)C(NCc1cccc(C(F)(F)F)c1)c1cccc2ccccc12. The number of halogens is 3. The van der Waals surface area contributed by atoms with Gasteiger partial charge in [0.15, 0.2) is 0 Å². The number of fused-ring (bicyclic) bond motifs is 1. The second-order valence-corrected chi connectivity index (χ2v) is 6.09. The van der Waals surface area contributed by atoms with Gasteiger partial charge in [0, 0.05) is 6.54 Å². The highest BCUT2D eigenvalue weighted by Gasteiger charge is 2.30. The minimum atomic E-state index is -4.42. The number of rotatable bonds is 5. The van der Waals surface area contributed by atoms with Crippen LogP contribution in [0.15, 0.2) is 66.7 Å². The molecule has 140 valence electrons. The van der Waals surface area contributed by atoms with Crippen molar-refractivity contribution >= 4 is 16.7 Å². The molecule has 1 amide bonds. The maximum absolute atomic E-state index is 12.9. The van der Waals surface area contributed by atoms with E-state index in [1.807, 2.05) is 36.4 Å². The van der Waals surface area contributed by atoms with Crippen LogP contribution in [-0.4, -0.2) is 5.91 Å². The molecule has 0 aliphatic heterocycles. The van der Waals surface area contributed by atoms with Gasteiger partial charge in [-0.05, 0) is 28.0 Å². The lowest BCUT2D eigenvalue weighted by molar-refractivity contribution is -0.137. The molecule has 0 spiro atoms. The van der Waals surface area contributed by atoms with Crippen molar-refractivity contribution in [1.29, 1.82) is 0 Å². The van der Waals surface area contributed by atoms with Gasteiger partial charge in [0.1, 0.15) is 6.04 Å². The number of hydrazine groups is 1. The Hall–Kier alpha value is -2.90. The monoisotopic (exact) mass is 373 g/mol. The van der Waals surface area contributed by atoms with Gasteiger partial charge in [0.2, 0.25) is 0 Å². The lowest BCUT2D eigenvalue weighted by Crippen LogP contribution is -2.41. The number of alkyl halides is 3. The number of amides is 1. The van der Waals surface area contributed by atoms with Gasteiger partial charge in [-0.25, -0.2) is 5.84 Å². The van der Waals surface area contributed by atoms with Crippen molar-refractivity contribution in [3.05, 3.63) is 83.4 Å². The zero-order valence-corrected chi connectivity index (χ0v) is 14.3. The van der Waals surface area contributed by atoms with Crippen molar-refractivity contribution in [3.8, 4) is 0 Å².